The number of hydrogen-bond donors (Lipinski definition) is 2. The van der Waals surface area contributed by atoms with E-state index in [0.29, 0.717) is 32.3 Å². The molecule has 0 aliphatic heterocycles. The fourth-order valence-electron chi connectivity index (χ4n) is 2.28. The van der Waals surface area contributed by atoms with Crippen molar-refractivity contribution in [2.45, 2.75) is 33.1 Å². The number of aliphatic imine (C=N–C) groups is 1. The normalized spacial score (nSPS) is 11.2. The minimum absolute atomic E-state index is 0. The average molecular weight is 509 g/mol. The summed E-state index contributed by atoms with van der Waals surface area (Å²) in [6.45, 7) is 1.95. The van der Waals surface area contributed by atoms with Gasteiger partial charge in [0.2, 0.25) is 0 Å². The second-order valence-electron chi connectivity index (χ2n) is 5.63. The number of rotatable bonds is 11. The zero-order valence-corrected chi connectivity index (χ0v) is 18.0. The van der Waals surface area contributed by atoms with Crippen molar-refractivity contribution < 1.29 is 22.7 Å². The molecule has 0 aliphatic carbocycles. The highest BCUT2D eigenvalue weighted by Gasteiger charge is 2.05. The van der Waals surface area contributed by atoms with E-state index in [1.54, 1.807) is 18.4 Å². The molecule has 0 atom stereocenters. The molecular formula is C19H26F2IN3O3. The summed E-state index contributed by atoms with van der Waals surface area (Å²) in [6.07, 6.45) is 2.43. The van der Waals surface area contributed by atoms with Gasteiger partial charge in [0, 0.05) is 19.7 Å². The smallest absolute Gasteiger partial charge is 0.387 e. The third-order valence-electron chi connectivity index (χ3n) is 3.47. The first-order chi connectivity index (χ1) is 13.2. The zero-order valence-electron chi connectivity index (χ0n) is 15.7. The molecule has 28 heavy (non-hydrogen) atoms. The van der Waals surface area contributed by atoms with Crippen LogP contribution in [-0.2, 0) is 17.9 Å². The number of hydrogen-bond acceptors (Lipinski definition) is 4. The third-order valence-corrected chi connectivity index (χ3v) is 3.47. The van der Waals surface area contributed by atoms with Crippen molar-refractivity contribution >= 4 is 29.9 Å². The molecule has 1 aromatic carbocycles. The van der Waals surface area contributed by atoms with Crippen LogP contribution in [0.1, 0.15) is 24.7 Å². The van der Waals surface area contributed by atoms with Gasteiger partial charge in [0.25, 0.3) is 0 Å². The summed E-state index contributed by atoms with van der Waals surface area (Å²) >= 11 is 0. The van der Waals surface area contributed by atoms with Gasteiger partial charge in [0.15, 0.2) is 5.96 Å². The average Bonchev–Trinajstić information content (AvgIpc) is 3.15. The third kappa shape index (κ3) is 9.88. The molecule has 1 aromatic heterocycles. The predicted molar refractivity (Wildman–Crippen MR) is 114 cm³/mol. The predicted octanol–water partition coefficient (Wildman–Crippen LogP) is 4.16. The Morgan fingerprint density at radius 2 is 2.07 bits per heavy atom. The van der Waals surface area contributed by atoms with Crippen molar-refractivity contribution in [2.24, 2.45) is 4.99 Å². The Morgan fingerprint density at radius 1 is 1.21 bits per heavy atom. The van der Waals surface area contributed by atoms with Crippen molar-refractivity contribution in [3.05, 3.63) is 54.0 Å². The van der Waals surface area contributed by atoms with E-state index >= 15 is 0 Å². The molecule has 6 nitrogen and oxygen atoms in total. The second-order valence-corrected chi connectivity index (χ2v) is 5.63. The molecule has 9 heteroatoms. The summed E-state index contributed by atoms with van der Waals surface area (Å²) in [5.74, 6) is 1.59. The maximum Gasteiger partial charge on any atom is 0.387 e. The monoisotopic (exact) mass is 509 g/mol. The van der Waals surface area contributed by atoms with E-state index < -0.39 is 6.61 Å². The van der Waals surface area contributed by atoms with Crippen LogP contribution in [0.2, 0.25) is 0 Å². The molecule has 2 aromatic rings. The molecule has 156 valence electrons. The lowest BCUT2D eigenvalue weighted by Gasteiger charge is -2.11. The summed E-state index contributed by atoms with van der Waals surface area (Å²) < 4.78 is 39.7. The Labute approximate surface area is 180 Å². The highest BCUT2D eigenvalue weighted by Crippen LogP contribution is 2.16. The van der Waals surface area contributed by atoms with Gasteiger partial charge in [-0.25, -0.2) is 4.99 Å². The van der Waals surface area contributed by atoms with Gasteiger partial charge in [0.1, 0.15) is 18.1 Å². The minimum Gasteiger partial charge on any atom is -0.467 e. The van der Waals surface area contributed by atoms with Crippen molar-refractivity contribution in [2.75, 3.05) is 19.7 Å². The van der Waals surface area contributed by atoms with E-state index in [0.717, 1.165) is 24.3 Å². The number of nitrogens with one attached hydrogen (secondary N) is 2. The van der Waals surface area contributed by atoms with E-state index in [1.165, 1.54) is 6.07 Å². The van der Waals surface area contributed by atoms with E-state index in [2.05, 4.69) is 20.4 Å². The van der Waals surface area contributed by atoms with Crippen molar-refractivity contribution in [1.29, 1.82) is 0 Å². The number of alkyl halides is 2. The Balaban J connectivity index is 0.00000392. The topological polar surface area (TPSA) is 68.0 Å². The number of ether oxygens (including phenoxy) is 2. The molecule has 0 saturated carbocycles. The molecule has 1 heterocycles. The maximum atomic E-state index is 12.3. The van der Waals surface area contributed by atoms with Crippen LogP contribution in [0.25, 0.3) is 0 Å². The Kier molecular flexibility index (Phi) is 12.2. The Hall–Kier alpha value is -1.88. The van der Waals surface area contributed by atoms with Gasteiger partial charge in [-0.2, -0.15) is 8.78 Å². The van der Waals surface area contributed by atoms with Crippen LogP contribution in [0.5, 0.6) is 5.75 Å². The summed E-state index contributed by atoms with van der Waals surface area (Å²) in [6, 6.07) is 10.2. The van der Waals surface area contributed by atoms with E-state index in [-0.39, 0.29) is 29.7 Å². The minimum atomic E-state index is -2.84. The largest absolute Gasteiger partial charge is 0.467 e. The van der Waals surface area contributed by atoms with Crippen molar-refractivity contribution in [3.63, 3.8) is 0 Å². The fraction of sp³-hybridized carbons (Fsp3) is 0.421. The summed E-state index contributed by atoms with van der Waals surface area (Å²) in [7, 11) is 0. The molecule has 0 radical (unpaired) electrons. The fourth-order valence-corrected chi connectivity index (χ4v) is 2.28. The van der Waals surface area contributed by atoms with Gasteiger partial charge in [-0.1, -0.05) is 12.1 Å². The Morgan fingerprint density at radius 3 is 2.79 bits per heavy atom. The quantitative estimate of drug-likeness (QED) is 0.206. The first-order valence-electron chi connectivity index (χ1n) is 8.83. The molecule has 0 unspecified atom stereocenters. The highest BCUT2D eigenvalue weighted by atomic mass is 127. The summed E-state index contributed by atoms with van der Waals surface area (Å²) in [4.78, 5) is 4.46. The molecule has 2 rings (SSSR count). The number of furan rings is 1. The van der Waals surface area contributed by atoms with Gasteiger partial charge >= 0.3 is 6.61 Å². The van der Waals surface area contributed by atoms with E-state index in [1.807, 2.05) is 25.1 Å². The van der Waals surface area contributed by atoms with Gasteiger partial charge in [-0.15, -0.1) is 24.0 Å². The number of guanidine groups is 1. The Bertz CT molecular complexity index is 685. The first kappa shape index (κ1) is 24.2. The summed E-state index contributed by atoms with van der Waals surface area (Å²) in [5.41, 5.74) is 0.784. The maximum absolute atomic E-state index is 12.3. The van der Waals surface area contributed by atoms with Crippen LogP contribution in [0.3, 0.4) is 0 Å². The molecule has 0 fully saturated rings. The van der Waals surface area contributed by atoms with Crippen molar-refractivity contribution in [1.82, 2.24) is 10.6 Å². The van der Waals surface area contributed by atoms with Gasteiger partial charge in [-0.05, 0) is 43.2 Å². The highest BCUT2D eigenvalue weighted by molar-refractivity contribution is 14.0. The molecule has 2 N–H and O–H groups in total. The van der Waals surface area contributed by atoms with Crippen LogP contribution in [-0.4, -0.2) is 32.3 Å². The van der Waals surface area contributed by atoms with Crippen LogP contribution in [0.15, 0.2) is 52.1 Å². The van der Waals surface area contributed by atoms with Crippen LogP contribution >= 0.6 is 24.0 Å². The number of nitrogens with zero attached hydrogens (tertiary/aromatic N) is 1. The lowest BCUT2D eigenvalue weighted by Crippen LogP contribution is -2.38. The molecular weight excluding hydrogens is 483 g/mol. The van der Waals surface area contributed by atoms with Crippen LogP contribution < -0.4 is 15.4 Å². The zero-order chi connectivity index (χ0) is 19.3. The van der Waals surface area contributed by atoms with E-state index in [4.69, 9.17) is 9.15 Å². The van der Waals surface area contributed by atoms with Crippen LogP contribution in [0, 0.1) is 0 Å². The second kappa shape index (κ2) is 14.2. The van der Waals surface area contributed by atoms with Gasteiger partial charge < -0.3 is 24.5 Å². The molecule has 0 bridgehead atoms. The van der Waals surface area contributed by atoms with Crippen molar-refractivity contribution in [3.8, 4) is 5.75 Å². The molecule has 0 aliphatic rings. The number of benzene rings is 1. The lowest BCUT2D eigenvalue weighted by atomic mass is 10.2. The van der Waals surface area contributed by atoms with E-state index in [9.17, 15) is 8.78 Å². The van der Waals surface area contributed by atoms with Gasteiger partial charge in [0.05, 0.1) is 12.8 Å². The van der Waals surface area contributed by atoms with Gasteiger partial charge in [-0.3, -0.25) is 0 Å². The molecule has 0 spiro atoms. The first-order valence-corrected chi connectivity index (χ1v) is 8.83. The number of halogens is 3. The lowest BCUT2D eigenvalue weighted by molar-refractivity contribution is -0.0498. The molecule has 0 amide bonds. The standard InChI is InChI=1S/C19H25F2N3O3.HI/c1-2-22-19(23-9-5-10-25-14-17-8-4-11-26-17)24-13-15-6-3-7-16(12-15)27-18(20)21;/h3-4,6-8,11-12,18H,2,5,9-10,13-14H2,1H3,(H2,22,23,24);1H. The van der Waals surface area contributed by atoms with Crippen LogP contribution in [0.4, 0.5) is 8.78 Å². The SMILES string of the molecule is CCNC(=NCc1cccc(OC(F)F)c1)NCCCOCc1ccco1.I. The molecule has 0 saturated heterocycles. The summed E-state index contributed by atoms with van der Waals surface area (Å²) in [5, 5.41) is 6.36.